The second-order valence-corrected chi connectivity index (χ2v) is 5.97. The quantitative estimate of drug-likeness (QED) is 0.562. The molecular formula is C17H11BrF3NO3. The van der Waals surface area contributed by atoms with Crippen molar-refractivity contribution in [2.75, 3.05) is 7.11 Å². The molecule has 1 heterocycles. The summed E-state index contributed by atoms with van der Waals surface area (Å²) in [6.45, 7) is 0. The number of carbonyl (C=O) groups excluding carboxylic acids is 1. The van der Waals surface area contributed by atoms with Crippen molar-refractivity contribution in [1.29, 1.82) is 0 Å². The van der Waals surface area contributed by atoms with E-state index in [9.17, 15) is 18.0 Å². The summed E-state index contributed by atoms with van der Waals surface area (Å²) in [7, 11) is 1.30. The number of aromatic nitrogens is 1. The molecule has 0 amide bonds. The van der Waals surface area contributed by atoms with Gasteiger partial charge >= 0.3 is 12.3 Å². The summed E-state index contributed by atoms with van der Waals surface area (Å²) < 4.78 is 47.8. The highest BCUT2D eigenvalue weighted by Gasteiger charge is 2.31. The monoisotopic (exact) mass is 413 g/mol. The molecule has 8 heteroatoms. The van der Waals surface area contributed by atoms with Crippen LogP contribution in [0.25, 0.3) is 16.6 Å². The number of hydrogen-bond acceptors (Lipinski definition) is 3. The van der Waals surface area contributed by atoms with E-state index in [4.69, 9.17) is 4.74 Å². The molecule has 0 aliphatic rings. The van der Waals surface area contributed by atoms with Crippen LogP contribution in [0.4, 0.5) is 13.2 Å². The number of alkyl halides is 3. The summed E-state index contributed by atoms with van der Waals surface area (Å²) in [4.78, 5) is 11.6. The number of halogens is 4. The molecular weight excluding hydrogens is 403 g/mol. The second-order valence-electron chi connectivity index (χ2n) is 5.11. The lowest BCUT2D eigenvalue weighted by Gasteiger charge is -2.10. The summed E-state index contributed by atoms with van der Waals surface area (Å²) in [6.07, 6.45) is -2.96. The van der Waals surface area contributed by atoms with Gasteiger partial charge in [-0.2, -0.15) is 0 Å². The third-order valence-corrected chi connectivity index (χ3v) is 4.16. The smallest absolute Gasteiger partial charge is 0.465 e. The number of benzene rings is 2. The van der Waals surface area contributed by atoms with Gasteiger partial charge in [-0.1, -0.05) is 0 Å². The van der Waals surface area contributed by atoms with Gasteiger partial charge in [0.25, 0.3) is 0 Å². The molecule has 0 bridgehead atoms. The minimum absolute atomic E-state index is 0.292. The molecule has 0 unspecified atom stereocenters. The third-order valence-electron chi connectivity index (χ3n) is 3.53. The standard InChI is InChI=1S/C17H11BrF3NO3/c1-24-16(23)10-2-7-15-13(8-10)14(18)9-22(15)11-3-5-12(6-4-11)25-17(19,20)21/h2-9H,1H3. The number of methoxy groups -OCH3 is 1. The van der Waals surface area contributed by atoms with Gasteiger partial charge in [0.15, 0.2) is 0 Å². The van der Waals surface area contributed by atoms with E-state index in [0.717, 1.165) is 15.4 Å². The highest BCUT2D eigenvalue weighted by molar-refractivity contribution is 9.10. The average Bonchev–Trinajstić information content (AvgIpc) is 2.90. The Kier molecular flexibility index (Phi) is 4.47. The van der Waals surface area contributed by atoms with Crippen LogP contribution < -0.4 is 4.74 Å². The minimum atomic E-state index is -4.73. The molecule has 0 aliphatic carbocycles. The topological polar surface area (TPSA) is 40.5 Å². The van der Waals surface area contributed by atoms with Crippen molar-refractivity contribution in [3.8, 4) is 11.4 Å². The first-order valence-corrected chi connectivity index (χ1v) is 7.83. The molecule has 0 fully saturated rings. The van der Waals surface area contributed by atoms with Gasteiger partial charge in [-0.25, -0.2) is 4.79 Å². The van der Waals surface area contributed by atoms with Crippen LogP contribution in [0.3, 0.4) is 0 Å². The molecule has 1 aromatic heterocycles. The molecule has 2 aromatic carbocycles. The van der Waals surface area contributed by atoms with E-state index in [0.29, 0.717) is 11.3 Å². The number of rotatable bonds is 3. The van der Waals surface area contributed by atoms with Crippen molar-refractivity contribution in [3.63, 3.8) is 0 Å². The summed E-state index contributed by atoms with van der Waals surface area (Å²) in [6, 6.07) is 10.6. The fourth-order valence-electron chi connectivity index (χ4n) is 2.46. The number of nitrogens with zero attached hydrogens (tertiary/aromatic N) is 1. The summed E-state index contributed by atoms with van der Waals surface area (Å²) in [5.74, 6) is -0.741. The van der Waals surface area contributed by atoms with E-state index in [2.05, 4.69) is 20.7 Å². The lowest BCUT2D eigenvalue weighted by Crippen LogP contribution is -2.17. The van der Waals surface area contributed by atoms with Crippen LogP contribution in [0.1, 0.15) is 10.4 Å². The van der Waals surface area contributed by atoms with Gasteiger partial charge in [-0.15, -0.1) is 13.2 Å². The molecule has 0 saturated heterocycles. The summed E-state index contributed by atoms with van der Waals surface area (Å²) in [5, 5.41) is 0.776. The van der Waals surface area contributed by atoms with Gasteiger partial charge in [-0.05, 0) is 58.4 Å². The third kappa shape index (κ3) is 3.63. The second kappa shape index (κ2) is 6.44. The molecule has 25 heavy (non-hydrogen) atoms. The van der Waals surface area contributed by atoms with Crippen LogP contribution in [0.15, 0.2) is 53.1 Å². The van der Waals surface area contributed by atoms with Crippen LogP contribution in [-0.4, -0.2) is 24.0 Å². The predicted octanol–water partition coefficient (Wildman–Crippen LogP) is 5.08. The van der Waals surface area contributed by atoms with Crippen molar-refractivity contribution in [2.45, 2.75) is 6.36 Å². The van der Waals surface area contributed by atoms with Crippen LogP contribution in [0.5, 0.6) is 5.75 Å². The first kappa shape index (κ1) is 17.3. The van der Waals surface area contributed by atoms with Crippen molar-refractivity contribution in [2.24, 2.45) is 0 Å². The number of hydrogen-bond donors (Lipinski definition) is 0. The molecule has 0 spiro atoms. The minimum Gasteiger partial charge on any atom is -0.465 e. The fourth-order valence-corrected chi connectivity index (χ4v) is 2.98. The number of ether oxygens (including phenoxy) is 2. The van der Waals surface area contributed by atoms with Crippen molar-refractivity contribution >= 4 is 32.8 Å². The van der Waals surface area contributed by atoms with Crippen LogP contribution in [0.2, 0.25) is 0 Å². The molecule has 0 atom stereocenters. The van der Waals surface area contributed by atoms with Crippen molar-refractivity contribution < 1.29 is 27.4 Å². The first-order valence-electron chi connectivity index (χ1n) is 7.03. The Morgan fingerprint density at radius 3 is 2.40 bits per heavy atom. The summed E-state index contributed by atoms with van der Waals surface area (Å²) in [5.41, 5.74) is 1.84. The Hall–Kier alpha value is -2.48. The zero-order valence-corrected chi connectivity index (χ0v) is 14.4. The predicted molar refractivity (Wildman–Crippen MR) is 89.0 cm³/mol. The maximum absolute atomic E-state index is 12.2. The van der Waals surface area contributed by atoms with Gasteiger partial charge in [0.05, 0.1) is 18.2 Å². The molecule has 4 nitrogen and oxygen atoms in total. The van der Waals surface area contributed by atoms with Gasteiger partial charge in [0, 0.05) is 21.7 Å². The van der Waals surface area contributed by atoms with E-state index >= 15 is 0 Å². The average molecular weight is 414 g/mol. The molecule has 130 valence electrons. The van der Waals surface area contributed by atoms with Crippen molar-refractivity contribution in [1.82, 2.24) is 4.57 Å². The van der Waals surface area contributed by atoms with E-state index in [-0.39, 0.29) is 5.75 Å². The Bertz CT molecular complexity index is 933. The first-order chi connectivity index (χ1) is 11.8. The Morgan fingerprint density at radius 1 is 1.12 bits per heavy atom. The van der Waals surface area contributed by atoms with Gasteiger partial charge in [-0.3, -0.25) is 0 Å². The number of carbonyl (C=O) groups is 1. The Labute approximate surface area is 148 Å². The maximum Gasteiger partial charge on any atom is 0.573 e. The van der Waals surface area contributed by atoms with Gasteiger partial charge in [0.1, 0.15) is 5.75 Å². The SMILES string of the molecule is COC(=O)c1ccc2c(c1)c(Br)cn2-c1ccc(OC(F)(F)F)cc1. The number of fused-ring (bicyclic) bond motifs is 1. The Balaban J connectivity index is 2.00. The highest BCUT2D eigenvalue weighted by atomic mass is 79.9. The molecule has 3 aromatic rings. The Morgan fingerprint density at radius 2 is 1.80 bits per heavy atom. The molecule has 0 aliphatic heterocycles. The molecule has 3 rings (SSSR count). The molecule has 0 saturated carbocycles. The largest absolute Gasteiger partial charge is 0.573 e. The normalized spacial score (nSPS) is 11.6. The van der Waals surface area contributed by atoms with E-state index in [1.165, 1.54) is 31.4 Å². The van der Waals surface area contributed by atoms with E-state index < -0.39 is 12.3 Å². The van der Waals surface area contributed by atoms with E-state index in [1.807, 2.05) is 0 Å². The van der Waals surface area contributed by atoms with Gasteiger partial charge in [0.2, 0.25) is 0 Å². The zero-order valence-electron chi connectivity index (χ0n) is 12.8. The van der Waals surface area contributed by atoms with Crippen molar-refractivity contribution in [3.05, 3.63) is 58.7 Å². The lowest BCUT2D eigenvalue weighted by molar-refractivity contribution is -0.274. The van der Waals surface area contributed by atoms with Crippen LogP contribution in [0, 0.1) is 0 Å². The fraction of sp³-hybridized carbons (Fsp3) is 0.118. The number of esters is 1. The lowest BCUT2D eigenvalue weighted by atomic mass is 10.1. The summed E-state index contributed by atoms with van der Waals surface area (Å²) >= 11 is 3.43. The highest BCUT2D eigenvalue weighted by Crippen LogP contribution is 2.31. The van der Waals surface area contributed by atoms with Crippen LogP contribution >= 0.6 is 15.9 Å². The van der Waals surface area contributed by atoms with Gasteiger partial charge < -0.3 is 14.0 Å². The van der Waals surface area contributed by atoms with E-state index in [1.54, 1.807) is 29.0 Å². The molecule has 0 N–H and O–H groups in total. The molecule has 0 radical (unpaired) electrons. The maximum atomic E-state index is 12.2. The zero-order chi connectivity index (χ0) is 18.2. The van der Waals surface area contributed by atoms with Crippen LogP contribution in [-0.2, 0) is 4.74 Å².